The van der Waals surface area contributed by atoms with Crippen LogP contribution in [0.5, 0.6) is 0 Å². The Bertz CT molecular complexity index is 773. The number of carbonyl (C=O) groups is 3. The third-order valence-corrected chi connectivity index (χ3v) is 6.20. The van der Waals surface area contributed by atoms with Crippen molar-refractivity contribution in [2.24, 2.45) is 11.8 Å². The van der Waals surface area contributed by atoms with Gasteiger partial charge >= 0.3 is 0 Å². The molecule has 0 unspecified atom stereocenters. The monoisotopic (exact) mass is 366 g/mol. The van der Waals surface area contributed by atoms with Crippen LogP contribution >= 0.6 is 0 Å². The predicted molar refractivity (Wildman–Crippen MR) is 102 cm³/mol. The molecule has 3 amide bonds. The Hall–Kier alpha value is -2.43. The minimum absolute atomic E-state index is 0.0756. The third kappa shape index (κ3) is 3.20. The van der Waals surface area contributed by atoms with Crippen LogP contribution in [0.2, 0.25) is 0 Å². The van der Waals surface area contributed by atoms with Crippen LogP contribution in [0, 0.1) is 11.8 Å². The number of amides is 3. The molecule has 27 heavy (non-hydrogen) atoms. The van der Waals surface area contributed by atoms with Crippen LogP contribution in [-0.2, 0) is 20.8 Å². The Morgan fingerprint density at radius 1 is 1.11 bits per heavy atom. The third-order valence-electron chi connectivity index (χ3n) is 6.20. The number of benzene rings is 1. The van der Waals surface area contributed by atoms with E-state index in [0.29, 0.717) is 19.4 Å². The Morgan fingerprint density at radius 3 is 2.63 bits per heavy atom. The largest absolute Gasteiger partial charge is 0.329 e. The molecule has 4 rings (SSSR count). The number of carbonyl (C=O) groups excluding carboxylic acids is 3. The molecule has 0 bridgehead atoms. The number of allylic oxidation sites excluding steroid dienone is 2. The van der Waals surface area contributed by atoms with Crippen LogP contribution in [-0.4, -0.2) is 46.1 Å². The molecule has 2 heterocycles. The molecule has 2 fully saturated rings. The number of hydrogen-bond donors (Lipinski definition) is 0. The molecular formula is C22H26N2O3. The fourth-order valence-electron chi connectivity index (χ4n) is 4.69. The Kier molecular flexibility index (Phi) is 4.85. The second-order valence-electron chi connectivity index (χ2n) is 7.91. The summed E-state index contributed by atoms with van der Waals surface area (Å²) in [5, 5.41) is 0. The fourth-order valence-corrected chi connectivity index (χ4v) is 4.69. The minimum atomic E-state index is -0.722. The molecule has 0 N–H and O–H groups in total. The van der Waals surface area contributed by atoms with Crippen molar-refractivity contribution in [3.05, 3.63) is 48.0 Å². The van der Waals surface area contributed by atoms with Crippen LogP contribution in [0.25, 0.3) is 0 Å². The van der Waals surface area contributed by atoms with Gasteiger partial charge in [-0.1, -0.05) is 49.4 Å². The Labute approximate surface area is 160 Å². The smallest absolute Gasteiger partial charge is 0.252 e. The van der Waals surface area contributed by atoms with Crippen molar-refractivity contribution < 1.29 is 14.4 Å². The van der Waals surface area contributed by atoms with E-state index < -0.39 is 12.1 Å². The van der Waals surface area contributed by atoms with E-state index >= 15 is 0 Å². The SMILES string of the molecule is C[C@@H]1C=CCC[C@@H]1C(=O)N1C(=O)[C@H]2CCCN2C(=O)[C@@H]1Cc1ccccc1. The number of hydrogen-bond acceptors (Lipinski definition) is 3. The zero-order chi connectivity index (χ0) is 19.0. The van der Waals surface area contributed by atoms with E-state index in [4.69, 9.17) is 0 Å². The summed E-state index contributed by atoms with van der Waals surface area (Å²) in [4.78, 5) is 42.9. The van der Waals surface area contributed by atoms with Crippen molar-refractivity contribution in [1.82, 2.24) is 9.80 Å². The molecule has 2 aliphatic heterocycles. The number of imide groups is 1. The zero-order valence-corrected chi connectivity index (χ0v) is 15.7. The summed E-state index contributed by atoms with van der Waals surface area (Å²) in [5.41, 5.74) is 0.968. The van der Waals surface area contributed by atoms with Crippen LogP contribution in [0.4, 0.5) is 0 Å². The molecule has 1 aliphatic carbocycles. The number of fused-ring (bicyclic) bond motifs is 1. The van der Waals surface area contributed by atoms with Crippen molar-refractivity contribution in [2.75, 3.05) is 6.54 Å². The molecule has 3 aliphatic rings. The molecule has 2 saturated heterocycles. The average molecular weight is 366 g/mol. The van der Waals surface area contributed by atoms with Crippen molar-refractivity contribution >= 4 is 17.7 Å². The Morgan fingerprint density at radius 2 is 1.89 bits per heavy atom. The molecule has 5 nitrogen and oxygen atoms in total. The topological polar surface area (TPSA) is 57.7 Å². The highest BCUT2D eigenvalue weighted by molar-refractivity contribution is 6.07. The van der Waals surface area contributed by atoms with E-state index in [9.17, 15) is 14.4 Å². The van der Waals surface area contributed by atoms with Gasteiger partial charge in [-0.15, -0.1) is 0 Å². The van der Waals surface area contributed by atoms with Gasteiger partial charge in [0, 0.05) is 18.9 Å². The van der Waals surface area contributed by atoms with Gasteiger partial charge in [-0.2, -0.15) is 0 Å². The molecule has 1 aromatic rings. The van der Waals surface area contributed by atoms with Crippen LogP contribution in [0.1, 0.15) is 38.2 Å². The molecule has 5 heteroatoms. The lowest BCUT2D eigenvalue weighted by Gasteiger charge is -2.43. The van der Waals surface area contributed by atoms with Crippen molar-refractivity contribution in [3.63, 3.8) is 0 Å². The lowest BCUT2D eigenvalue weighted by Crippen LogP contribution is -2.66. The standard InChI is InChI=1S/C22H26N2O3/c1-15-8-5-6-11-17(15)20(25)24-19(14-16-9-3-2-4-10-16)21(26)23-13-7-12-18(23)22(24)27/h2-5,8-10,15,17-19H,6-7,11-14H2,1H3/t15-,17+,18-,19+/m1/s1. The molecule has 0 radical (unpaired) electrons. The van der Waals surface area contributed by atoms with Gasteiger partial charge in [0.15, 0.2) is 0 Å². The van der Waals surface area contributed by atoms with E-state index in [1.165, 1.54) is 4.90 Å². The highest BCUT2D eigenvalue weighted by atomic mass is 16.2. The predicted octanol–water partition coefficient (Wildman–Crippen LogP) is 2.56. The van der Waals surface area contributed by atoms with E-state index in [-0.39, 0.29) is 29.6 Å². The molecule has 0 spiro atoms. The van der Waals surface area contributed by atoms with Crippen molar-refractivity contribution in [1.29, 1.82) is 0 Å². The van der Waals surface area contributed by atoms with Crippen molar-refractivity contribution in [2.45, 2.75) is 51.1 Å². The molecule has 142 valence electrons. The van der Waals surface area contributed by atoms with Crippen LogP contribution < -0.4 is 0 Å². The second-order valence-corrected chi connectivity index (χ2v) is 7.91. The first kappa shape index (κ1) is 18.0. The lowest BCUT2D eigenvalue weighted by atomic mass is 9.83. The lowest BCUT2D eigenvalue weighted by molar-refractivity contribution is -0.168. The summed E-state index contributed by atoms with van der Waals surface area (Å²) in [6, 6.07) is 8.48. The van der Waals surface area contributed by atoms with Gasteiger partial charge in [0.25, 0.3) is 5.91 Å². The van der Waals surface area contributed by atoms with E-state index in [0.717, 1.165) is 24.8 Å². The summed E-state index contributed by atoms with van der Waals surface area (Å²) < 4.78 is 0. The summed E-state index contributed by atoms with van der Waals surface area (Å²) in [6.45, 7) is 2.63. The first-order valence-electron chi connectivity index (χ1n) is 9.96. The number of rotatable bonds is 3. The molecule has 4 atom stereocenters. The first-order valence-corrected chi connectivity index (χ1v) is 9.96. The van der Waals surface area contributed by atoms with Gasteiger partial charge in [-0.25, -0.2) is 0 Å². The highest BCUT2D eigenvalue weighted by Gasteiger charge is 2.51. The summed E-state index contributed by atoms with van der Waals surface area (Å²) in [7, 11) is 0. The van der Waals surface area contributed by atoms with E-state index in [1.807, 2.05) is 37.3 Å². The molecule has 1 aromatic carbocycles. The summed E-state index contributed by atoms with van der Waals surface area (Å²) >= 11 is 0. The molecule has 0 aromatic heterocycles. The number of nitrogens with zero attached hydrogens (tertiary/aromatic N) is 2. The molecular weight excluding hydrogens is 340 g/mol. The van der Waals surface area contributed by atoms with Crippen LogP contribution in [0.15, 0.2) is 42.5 Å². The van der Waals surface area contributed by atoms with Crippen LogP contribution in [0.3, 0.4) is 0 Å². The first-order chi connectivity index (χ1) is 13.1. The van der Waals surface area contributed by atoms with Gasteiger partial charge in [0.1, 0.15) is 12.1 Å². The van der Waals surface area contributed by atoms with Gasteiger partial charge in [-0.05, 0) is 37.2 Å². The summed E-state index contributed by atoms with van der Waals surface area (Å²) in [5.74, 6) is -0.558. The van der Waals surface area contributed by atoms with Gasteiger partial charge in [-0.3, -0.25) is 19.3 Å². The maximum atomic E-state index is 13.4. The Balaban J connectivity index is 1.67. The quantitative estimate of drug-likeness (QED) is 0.610. The van der Waals surface area contributed by atoms with Gasteiger partial charge in [0.2, 0.25) is 11.8 Å². The fraction of sp³-hybridized carbons (Fsp3) is 0.500. The van der Waals surface area contributed by atoms with E-state index in [2.05, 4.69) is 12.2 Å². The highest BCUT2D eigenvalue weighted by Crippen LogP contribution is 2.33. The van der Waals surface area contributed by atoms with Gasteiger partial charge < -0.3 is 4.90 Å². The van der Waals surface area contributed by atoms with Crippen molar-refractivity contribution in [3.8, 4) is 0 Å². The maximum absolute atomic E-state index is 13.4. The average Bonchev–Trinajstić information content (AvgIpc) is 3.17. The number of piperazine rings is 1. The molecule has 0 saturated carbocycles. The van der Waals surface area contributed by atoms with Gasteiger partial charge in [0.05, 0.1) is 0 Å². The maximum Gasteiger partial charge on any atom is 0.252 e. The second kappa shape index (κ2) is 7.29. The zero-order valence-electron chi connectivity index (χ0n) is 15.7. The summed E-state index contributed by atoms with van der Waals surface area (Å²) in [6.07, 6.45) is 7.60. The normalized spacial score (nSPS) is 30.6. The minimum Gasteiger partial charge on any atom is -0.329 e. The van der Waals surface area contributed by atoms with E-state index in [1.54, 1.807) is 4.90 Å².